The minimum absolute atomic E-state index is 0.0807. The Bertz CT molecular complexity index is 1030. The first-order valence-corrected chi connectivity index (χ1v) is 9.85. The molecule has 0 aliphatic carbocycles. The maximum absolute atomic E-state index is 10.8. The fourth-order valence-electron chi connectivity index (χ4n) is 4.06. The minimum atomic E-state index is -2.40. The SMILES string of the molecule is Oc1ccc([C@H]2Oc3c(c(O)cc(O)c3C[C@@]3(O)OC[C@@H](O)[C@H](O)[C@@H]3O)C[C@@H]2O)cc1O. The summed E-state index contributed by atoms with van der Waals surface area (Å²) in [4.78, 5) is 0. The number of aromatic hydroxyl groups is 4. The monoisotopic (exact) mass is 452 g/mol. The second-order valence-corrected chi connectivity index (χ2v) is 8.09. The Balaban J connectivity index is 1.74. The Kier molecular flexibility index (Phi) is 5.57. The van der Waals surface area contributed by atoms with Crippen LogP contribution in [0.25, 0.3) is 0 Å². The normalized spacial score (nSPS) is 32.2. The van der Waals surface area contributed by atoms with Gasteiger partial charge in [-0.05, 0) is 17.7 Å². The highest BCUT2D eigenvalue weighted by Gasteiger charge is 2.49. The summed E-state index contributed by atoms with van der Waals surface area (Å²) in [5, 5.41) is 91.3. The van der Waals surface area contributed by atoms with Crippen LogP contribution in [0.15, 0.2) is 24.3 Å². The van der Waals surface area contributed by atoms with Gasteiger partial charge in [0.05, 0.1) is 12.7 Å². The first-order chi connectivity index (χ1) is 15.0. The average Bonchev–Trinajstić information content (AvgIpc) is 2.75. The molecule has 2 aliphatic rings. The predicted octanol–water partition coefficient (Wildman–Crippen LogP) is -1.11. The number of hydrogen-bond acceptors (Lipinski definition) is 11. The number of aliphatic hydroxyl groups excluding tert-OH is 4. The zero-order valence-electron chi connectivity index (χ0n) is 16.7. The molecule has 1 fully saturated rings. The summed E-state index contributed by atoms with van der Waals surface area (Å²) in [6, 6.07) is 4.80. The zero-order valence-corrected chi connectivity index (χ0v) is 16.7. The Morgan fingerprint density at radius 3 is 2.28 bits per heavy atom. The molecule has 0 radical (unpaired) electrons. The second kappa shape index (κ2) is 7.96. The number of fused-ring (bicyclic) bond motifs is 1. The molecule has 2 heterocycles. The fraction of sp³-hybridized carbons (Fsp3) is 0.429. The molecule has 0 saturated carbocycles. The average molecular weight is 452 g/mol. The van der Waals surface area contributed by atoms with Gasteiger partial charge in [-0.15, -0.1) is 0 Å². The predicted molar refractivity (Wildman–Crippen MR) is 105 cm³/mol. The maximum Gasteiger partial charge on any atom is 0.199 e. The lowest BCUT2D eigenvalue weighted by molar-refractivity contribution is -0.320. The lowest BCUT2D eigenvalue weighted by atomic mass is 9.87. The van der Waals surface area contributed by atoms with Crippen molar-refractivity contribution in [2.45, 2.75) is 49.1 Å². The second-order valence-electron chi connectivity index (χ2n) is 8.09. The van der Waals surface area contributed by atoms with Crippen molar-refractivity contribution in [1.82, 2.24) is 0 Å². The van der Waals surface area contributed by atoms with Gasteiger partial charge in [0.15, 0.2) is 17.3 Å². The number of benzene rings is 2. The zero-order chi connectivity index (χ0) is 23.4. The summed E-state index contributed by atoms with van der Waals surface area (Å²) in [5.74, 6) is -4.18. The van der Waals surface area contributed by atoms with Crippen molar-refractivity contribution in [2.24, 2.45) is 0 Å². The van der Waals surface area contributed by atoms with E-state index in [1.54, 1.807) is 0 Å². The molecule has 11 nitrogen and oxygen atoms in total. The molecule has 11 heteroatoms. The van der Waals surface area contributed by atoms with E-state index < -0.39 is 60.8 Å². The van der Waals surface area contributed by atoms with E-state index >= 15 is 0 Å². The van der Waals surface area contributed by atoms with E-state index in [9.17, 15) is 46.0 Å². The van der Waals surface area contributed by atoms with Crippen LogP contribution in [0.2, 0.25) is 0 Å². The molecule has 4 rings (SSSR count). The van der Waals surface area contributed by atoms with Crippen LogP contribution in [-0.4, -0.2) is 82.8 Å². The number of phenolic OH excluding ortho intramolecular Hbond substituents is 4. The van der Waals surface area contributed by atoms with Crippen molar-refractivity contribution in [3.8, 4) is 28.7 Å². The molecule has 32 heavy (non-hydrogen) atoms. The molecule has 0 aromatic heterocycles. The van der Waals surface area contributed by atoms with Gasteiger partial charge in [-0.25, -0.2) is 0 Å². The van der Waals surface area contributed by atoms with E-state index in [1.165, 1.54) is 18.2 Å². The van der Waals surface area contributed by atoms with Gasteiger partial charge < -0.3 is 55.4 Å². The van der Waals surface area contributed by atoms with Gasteiger partial charge in [0.2, 0.25) is 0 Å². The molecule has 2 aromatic carbocycles. The van der Waals surface area contributed by atoms with Crippen molar-refractivity contribution >= 4 is 0 Å². The van der Waals surface area contributed by atoms with Crippen molar-refractivity contribution < 1.29 is 55.4 Å². The Labute approximate surface area is 181 Å². The lowest BCUT2D eigenvalue weighted by Crippen LogP contribution is -2.61. The summed E-state index contributed by atoms with van der Waals surface area (Å²) < 4.78 is 11.0. The van der Waals surface area contributed by atoms with Gasteiger partial charge in [-0.2, -0.15) is 0 Å². The quantitative estimate of drug-likeness (QED) is 0.256. The highest BCUT2D eigenvalue weighted by atomic mass is 16.6. The van der Waals surface area contributed by atoms with Gasteiger partial charge in [-0.1, -0.05) is 6.07 Å². The molecular formula is C21H24O11. The molecule has 0 unspecified atom stereocenters. The van der Waals surface area contributed by atoms with Crippen LogP contribution in [0.1, 0.15) is 22.8 Å². The first kappa shape index (κ1) is 22.4. The number of rotatable bonds is 3. The highest BCUT2D eigenvalue weighted by Crippen LogP contribution is 2.47. The van der Waals surface area contributed by atoms with E-state index in [-0.39, 0.29) is 34.8 Å². The first-order valence-electron chi connectivity index (χ1n) is 9.85. The molecule has 1 saturated heterocycles. The van der Waals surface area contributed by atoms with Gasteiger partial charge in [-0.3, -0.25) is 0 Å². The minimum Gasteiger partial charge on any atom is -0.507 e. The molecule has 6 atom stereocenters. The largest absolute Gasteiger partial charge is 0.507 e. The van der Waals surface area contributed by atoms with Crippen molar-refractivity contribution in [2.75, 3.05) is 6.61 Å². The molecule has 0 amide bonds. The topological polar surface area (TPSA) is 201 Å². The van der Waals surface area contributed by atoms with Gasteiger partial charge >= 0.3 is 0 Å². The third-order valence-electron chi connectivity index (χ3n) is 5.89. The lowest BCUT2D eigenvalue weighted by Gasteiger charge is -2.42. The number of hydrogen-bond donors (Lipinski definition) is 9. The molecular weight excluding hydrogens is 428 g/mol. The van der Waals surface area contributed by atoms with E-state index in [0.29, 0.717) is 5.56 Å². The van der Waals surface area contributed by atoms with Gasteiger partial charge in [0.25, 0.3) is 0 Å². The van der Waals surface area contributed by atoms with E-state index in [1.807, 2.05) is 0 Å². The van der Waals surface area contributed by atoms with Crippen molar-refractivity contribution in [3.63, 3.8) is 0 Å². The molecule has 0 bridgehead atoms. The third-order valence-corrected chi connectivity index (χ3v) is 5.89. The van der Waals surface area contributed by atoms with Crippen molar-refractivity contribution in [3.05, 3.63) is 41.0 Å². The Hall–Kier alpha value is -2.80. The summed E-state index contributed by atoms with van der Waals surface area (Å²) in [7, 11) is 0. The summed E-state index contributed by atoms with van der Waals surface area (Å²) >= 11 is 0. The van der Waals surface area contributed by atoms with Gasteiger partial charge in [0, 0.05) is 30.0 Å². The van der Waals surface area contributed by atoms with Crippen LogP contribution < -0.4 is 4.74 Å². The third kappa shape index (κ3) is 3.68. The van der Waals surface area contributed by atoms with E-state index in [4.69, 9.17) is 9.47 Å². The Morgan fingerprint density at radius 1 is 0.875 bits per heavy atom. The van der Waals surface area contributed by atoms with Crippen LogP contribution in [0, 0.1) is 0 Å². The summed E-state index contributed by atoms with van der Waals surface area (Å²) in [5.41, 5.74) is 0.334. The smallest absolute Gasteiger partial charge is 0.199 e. The summed E-state index contributed by atoms with van der Waals surface area (Å²) in [6.45, 7) is -0.481. The Morgan fingerprint density at radius 2 is 1.59 bits per heavy atom. The van der Waals surface area contributed by atoms with Crippen LogP contribution in [0.3, 0.4) is 0 Å². The standard InChI is InChI=1S/C21H24O11/c22-11-2-1-8(3-14(11)25)18-15(26)4-9-12(23)5-13(24)10(19(9)32-18)6-21(30)20(29)17(28)16(27)7-31-21/h1-3,5,15-18,20,22-30H,4,6-7H2/t15-,16+,17-,18+,20-,21+/m0/s1. The molecule has 9 N–H and O–H groups in total. The van der Waals surface area contributed by atoms with Crippen LogP contribution >= 0.6 is 0 Å². The van der Waals surface area contributed by atoms with Crippen molar-refractivity contribution in [1.29, 1.82) is 0 Å². The van der Waals surface area contributed by atoms with E-state index in [2.05, 4.69) is 0 Å². The van der Waals surface area contributed by atoms with Crippen LogP contribution in [-0.2, 0) is 17.6 Å². The number of aliphatic hydroxyl groups is 5. The molecule has 2 aromatic rings. The molecule has 0 spiro atoms. The number of ether oxygens (including phenoxy) is 2. The summed E-state index contributed by atoms with van der Waals surface area (Å²) in [6.07, 6.45) is -8.02. The number of phenols is 4. The van der Waals surface area contributed by atoms with Crippen LogP contribution in [0.5, 0.6) is 28.7 Å². The fourth-order valence-corrected chi connectivity index (χ4v) is 4.06. The molecule has 174 valence electrons. The maximum atomic E-state index is 10.8. The van der Waals surface area contributed by atoms with E-state index in [0.717, 1.165) is 6.07 Å². The molecule has 2 aliphatic heterocycles. The van der Waals surface area contributed by atoms with Crippen LogP contribution in [0.4, 0.5) is 0 Å². The highest BCUT2D eigenvalue weighted by molar-refractivity contribution is 5.58. The van der Waals surface area contributed by atoms with Gasteiger partial charge in [0.1, 0.15) is 41.7 Å².